The molecule has 0 bridgehead atoms. The van der Waals surface area contributed by atoms with Crippen molar-refractivity contribution >= 4 is 23.3 Å². The lowest BCUT2D eigenvalue weighted by Crippen LogP contribution is -2.46. The highest BCUT2D eigenvalue weighted by Crippen LogP contribution is 2.27. The van der Waals surface area contributed by atoms with Gasteiger partial charge in [0, 0.05) is 29.6 Å². The SMILES string of the molecule is CO[n+]1ccc([C@@H]2CCCN([C@@H](C)C(=O)Nc3ccc(Cl)cn3)C2)cc1. The molecule has 1 saturated heterocycles. The van der Waals surface area contributed by atoms with Gasteiger partial charge in [0.05, 0.1) is 11.1 Å². The van der Waals surface area contributed by atoms with E-state index in [1.807, 2.05) is 19.3 Å². The quantitative estimate of drug-likeness (QED) is 0.814. The fraction of sp³-hybridized carbons (Fsp3) is 0.421. The zero-order valence-electron chi connectivity index (χ0n) is 15.1. The number of nitrogens with zero attached hydrogens (tertiary/aromatic N) is 3. The van der Waals surface area contributed by atoms with E-state index < -0.39 is 0 Å². The van der Waals surface area contributed by atoms with Crippen molar-refractivity contribution in [2.24, 2.45) is 0 Å². The van der Waals surface area contributed by atoms with Crippen LogP contribution in [0.5, 0.6) is 0 Å². The van der Waals surface area contributed by atoms with Gasteiger partial charge in [0.1, 0.15) is 12.9 Å². The van der Waals surface area contributed by atoms with Gasteiger partial charge >= 0.3 is 0 Å². The number of aromatic nitrogens is 2. The molecule has 0 aromatic carbocycles. The molecule has 0 radical (unpaired) electrons. The third-order valence-corrected chi connectivity index (χ3v) is 5.09. The Bertz CT molecular complexity index is 736. The minimum Gasteiger partial charge on any atom is -0.309 e. The minimum absolute atomic E-state index is 0.0502. The molecule has 0 spiro atoms. The normalized spacial score (nSPS) is 19.0. The summed E-state index contributed by atoms with van der Waals surface area (Å²) in [5.74, 6) is 0.886. The van der Waals surface area contributed by atoms with Crippen molar-refractivity contribution in [2.75, 3.05) is 25.5 Å². The Labute approximate surface area is 158 Å². The molecule has 1 N–H and O–H groups in total. The topological polar surface area (TPSA) is 58.3 Å². The molecule has 3 heterocycles. The molecule has 3 rings (SSSR count). The van der Waals surface area contributed by atoms with Crippen LogP contribution in [0.4, 0.5) is 5.82 Å². The molecule has 6 nitrogen and oxygen atoms in total. The number of likely N-dealkylation sites (tertiary alicyclic amines) is 1. The monoisotopic (exact) mass is 375 g/mol. The lowest BCUT2D eigenvalue weighted by atomic mass is 9.90. The van der Waals surface area contributed by atoms with E-state index in [1.54, 1.807) is 24.0 Å². The van der Waals surface area contributed by atoms with Gasteiger partial charge in [0.25, 0.3) is 0 Å². The second-order valence-corrected chi connectivity index (χ2v) is 6.97. The molecule has 7 heteroatoms. The second-order valence-electron chi connectivity index (χ2n) is 6.53. The van der Waals surface area contributed by atoms with E-state index in [4.69, 9.17) is 16.4 Å². The fourth-order valence-corrected chi connectivity index (χ4v) is 3.41. The highest BCUT2D eigenvalue weighted by atomic mass is 35.5. The van der Waals surface area contributed by atoms with E-state index in [0.717, 1.165) is 25.9 Å². The van der Waals surface area contributed by atoms with Crippen molar-refractivity contribution in [1.82, 2.24) is 9.88 Å². The molecule has 0 unspecified atom stereocenters. The van der Waals surface area contributed by atoms with Crippen molar-refractivity contribution in [2.45, 2.75) is 31.7 Å². The Kier molecular flexibility index (Phi) is 6.06. The zero-order valence-corrected chi connectivity index (χ0v) is 15.8. The van der Waals surface area contributed by atoms with Crippen LogP contribution < -0.4 is 14.9 Å². The van der Waals surface area contributed by atoms with Gasteiger partial charge in [-0.3, -0.25) is 14.5 Å². The summed E-state index contributed by atoms with van der Waals surface area (Å²) in [6.45, 7) is 3.72. The number of halogens is 1. The molecule has 2 aromatic rings. The summed E-state index contributed by atoms with van der Waals surface area (Å²) in [4.78, 5) is 24.1. The van der Waals surface area contributed by atoms with Crippen LogP contribution in [-0.4, -0.2) is 42.0 Å². The zero-order chi connectivity index (χ0) is 18.5. The summed E-state index contributed by atoms with van der Waals surface area (Å²) in [6.07, 6.45) is 7.55. The predicted octanol–water partition coefficient (Wildman–Crippen LogP) is 2.29. The highest BCUT2D eigenvalue weighted by Gasteiger charge is 2.28. The summed E-state index contributed by atoms with van der Waals surface area (Å²) in [6, 6.07) is 7.37. The first kappa shape index (κ1) is 18.6. The van der Waals surface area contributed by atoms with Crippen molar-refractivity contribution < 1.29 is 14.4 Å². The van der Waals surface area contributed by atoms with Crippen LogP contribution in [0.1, 0.15) is 31.2 Å². The van der Waals surface area contributed by atoms with Gasteiger partial charge < -0.3 is 5.32 Å². The molecule has 1 amide bonds. The Hall–Kier alpha value is -2.18. The molecule has 0 aliphatic carbocycles. The fourth-order valence-electron chi connectivity index (χ4n) is 3.29. The van der Waals surface area contributed by atoms with Gasteiger partial charge in [-0.1, -0.05) is 11.6 Å². The maximum Gasteiger partial charge on any atom is 0.242 e. The average Bonchev–Trinajstić information content (AvgIpc) is 2.69. The van der Waals surface area contributed by atoms with Gasteiger partial charge in [-0.25, -0.2) is 4.98 Å². The maximum absolute atomic E-state index is 12.6. The third kappa shape index (κ3) is 4.51. The summed E-state index contributed by atoms with van der Waals surface area (Å²) in [5.41, 5.74) is 1.27. The number of amides is 1. The number of carbonyl (C=O) groups is 1. The molecule has 1 fully saturated rings. The number of carbonyl (C=O) groups excluding carboxylic acids is 1. The van der Waals surface area contributed by atoms with E-state index in [2.05, 4.69) is 27.3 Å². The Morgan fingerprint density at radius 3 is 2.81 bits per heavy atom. The van der Waals surface area contributed by atoms with Gasteiger partial charge in [-0.05, 0) is 49.9 Å². The third-order valence-electron chi connectivity index (χ3n) is 4.87. The lowest BCUT2D eigenvalue weighted by molar-refractivity contribution is -0.885. The summed E-state index contributed by atoms with van der Waals surface area (Å²) in [5, 5.41) is 3.41. The molecule has 2 aromatic heterocycles. The second kappa shape index (κ2) is 8.47. The van der Waals surface area contributed by atoms with Crippen LogP contribution in [0.3, 0.4) is 0 Å². The predicted molar refractivity (Wildman–Crippen MR) is 100 cm³/mol. The molecular weight excluding hydrogens is 352 g/mol. The van der Waals surface area contributed by atoms with Crippen molar-refractivity contribution in [1.29, 1.82) is 0 Å². The van der Waals surface area contributed by atoms with Crippen molar-refractivity contribution in [3.63, 3.8) is 0 Å². The first-order valence-electron chi connectivity index (χ1n) is 8.79. The summed E-state index contributed by atoms with van der Waals surface area (Å²) < 4.78 is 1.67. The molecule has 26 heavy (non-hydrogen) atoms. The minimum atomic E-state index is -0.220. The van der Waals surface area contributed by atoms with Crippen LogP contribution in [0.25, 0.3) is 0 Å². The van der Waals surface area contributed by atoms with E-state index in [9.17, 15) is 4.79 Å². The average molecular weight is 376 g/mol. The Morgan fingerprint density at radius 2 is 2.15 bits per heavy atom. The van der Waals surface area contributed by atoms with E-state index in [0.29, 0.717) is 16.8 Å². The van der Waals surface area contributed by atoms with E-state index in [-0.39, 0.29) is 11.9 Å². The molecular formula is C19H24ClN4O2+. The first-order valence-corrected chi connectivity index (χ1v) is 9.17. The van der Waals surface area contributed by atoms with Gasteiger partial charge in [0.15, 0.2) is 0 Å². The number of hydrogen-bond donors (Lipinski definition) is 1. The van der Waals surface area contributed by atoms with Crippen LogP contribution in [0, 0.1) is 0 Å². The largest absolute Gasteiger partial charge is 0.309 e. The smallest absolute Gasteiger partial charge is 0.242 e. The van der Waals surface area contributed by atoms with Gasteiger partial charge in [-0.15, -0.1) is 0 Å². The molecule has 1 aliphatic heterocycles. The van der Waals surface area contributed by atoms with Crippen LogP contribution in [0.2, 0.25) is 5.02 Å². The standard InChI is InChI=1S/C19H23ClN4O2/c1-14(19(25)22-18-6-5-17(20)12-21-18)23-9-3-4-16(13-23)15-7-10-24(26-2)11-8-15/h5-8,10-12,14,16H,3-4,9,13H2,1-2H3/p+1/t14-,16+/m0/s1. The number of rotatable bonds is 5. The summed E-state index contributed by atoms with van der Waals surface area (Å²) in [7, 11) is 1.64. The van der Waals surface area contributed by atoms with Gasteiger partial charge in [0.2, 0.25) is 18.3 Å². The maximum atomic E-state index is 12.6. The lowest BCUT2D eigenvalue weighted by Gasteiger charge is -2.36. The first-order chi connectivity index (χ1) is 12.6. The van der Waals surface area contributed by atoms with Gasteiger partial charge in [-0.2, -0.15) is 0 Å². The number of piperidine rings is 1. The number of anilines is 1. The number of pyridine rings is 2. The number of hydrogen-bond acceptors (Lipinski definition) is 4. The Balaban J connectivity index is 1.62. The number of nitrogens with one attached hydrogen (secondary N) is 1. The highest BCUT2D eigenvalue weighted by molar-refractivity contribution is 6.30. The van der Waals surface area contributed by atoms with Crippen LogP contribution >= 0.6 is 11.6 Å². The molecule has 138 valence electrons. The van der Waals surface area contributed by atoms with Crippen molar-refractivity contribution in [3.8, 4) is 0 Å². The van der Waals surface area contributed by atoms with E-state index >= 15 is 0 Å². The van der Waals surface area contributed by atoms with E-state index in [1.165, 1.54) is 11.8 Å². The molecule has 2 atom stereocenters. The molecule has 1 aliphatic rings. The Morgan fingerprint density at radius 1 is 1.38 bits per heavy atom. The van der Waals surface area contributed by atoms with Crippen LogP contribution in [-0.2, 0) is 4.79 Å². The molecule has 0 saturated carbocycles. The van der Waals surface area contributed by atoms with Crippen molar-refractivity contribution in [3.05, 3.63) is 53.4 Å². The summed E-state index contributed by atoms with van der Waals surface area (Å²) >= 11 is 5.83. The van der Waals surface area contributed by atoms with Crippen LogP contribution in [0.15, 0.2) is 42.9 Å².